The minimum Gasteiger partial charge on any atom is -0.465 e. The quantitative estimate of drug-likeness (QED) is 0.588. The summed E-state index contributed by atoms with van der Waals surface area (Å²) in [5, 5.41) is 0. The van der Waals surface area contributed by atoms with Gasteiger partial charge >= 0.3 is 5.97 Å². The second-order valence-electron chi connectivity index (χ2n) is 3.89. The molecule has 0 bridgehead atoms. The fraction of sp³-hybridized carbons (Fsp3) is 0.231. The van der Waals surface area contributed by atoms with Crippen molar-refractivity contribution in [2.45, 2.75) is 6.92 Å². The number of rotatable bonds is 2. The molecule has 0 unspecified atom stereocenters. The number of amides is 1. The molecule has 1 amide bonds. The number of allylic oxidation sites excluding steroid dienone is 1. The van der Waals surface area contributed by atoms with Crippen molar-refractivity contribution in [2.75, 3.05) is 14.2 Å². The van der Waals surface area contributed by atoms with Crippen LogP contribution >= 0.6 is 0 Å². The molecule has 0 aliphatic carbocycles. The first kappa shape index (κ1) is 12.2. The summed E-state index contributed by atoms with van der Waals surface area (Å²) in [7, 11) is 2.90. The van der Waals surface area contributed by atoms with E-state index in [-0.39, 0.29) is 17.1 Å². The number of methoxy groups -OCH3 is 1. The number of ether oxygens (including phenoxy) is 1. The SMILES string of the molecule is COC(=O)C1=C(C)N(C)C(=O)/C1=C\c1ccco1. The summed E-state index contributed by atoms with van der Waals surface area (Å²) in [6, 6.07) is 3.42. The zero-order valence-electron chi connectivity index (χ0n) is 10.4. The molecule has 5 heteroatoms. The average molecular weight is 247 g/mol. The Morgan fingerprint density at radius 2 is 2.22 bits per heavy atom. The molecule has 2 heterocycles. The fourth-order valence-corrected chi connectivity index (χ4v) is 1.81. The lowest BCUT2D eigenvalue weighted by molar-refractivity contribution is -0.136. The Morgan fingerprint density at radius 3 is 2.78 bits per heavy atom. The van der Waals surface area contributed by atoms with Crippen LogP contribution < -0.4 is 0 Å². The number of carbonyl (C=O) groups is 2. The van der Waals surface area contributed by atoms with Crippen molar-refractivity contribution in [1.29, 1.82) is 0 Å². The Kier molecular flexibility index (Phi) is 3.06. The number of esters is 1. The Labute approximate surface area is 104 Å². The summed E-state index contributed by atoms with van der Waals surface area (Å²) in [5.41, 5.74) is 1.14. The number of likely N-dealkylation sites (N-methyl/N-ethyl adjacent to an activating group) is 1. The third-order valence-corrected chi connectivity index (χ3v) is 2.89. The van der Waals surface area contributed by atoms with Crippen LogP contribution in [0.4, 0.5) is 0 Å². The predicted molar refractivity (Wildman–Crippen MR) is 64.2 cm³/mol. The van der Waals surface area contributed by atoms with Gasteiger partial charge in [0.2, 0.25) is 0 Å². The van der Waals surface area contributed by atoms with Gasteiger partial charge in [0.15, 0.2) is 0 Å². The minimum atomic E-state index is -0.525. The van der Waals surface area contributed by atoms with Gasteiger partial charge in [0.05, 0.1) is 24.5 Å². The molecule has 1 aromatic rings. The van der Waals surface area contributed by atoms with Gasteiger partial charge in [-0.3, -0.25) is 4.79 Å². The fourth-order valence-electron chi connectivity index (χ4n) is 1.81. The molecule has 0 radical (unpaired) electrons. The van der Waals surface area contributed by atoms with Crippen molar-refractivity contribution in [2.24, 2.45) is 0 Å². The van der Waals surface area contributed by atoms with Gasteiger partial charge in [-0.25, -0.2) is 4.79 Å². The maximum atomic E-state index is 12.0. The van der Waals surface area contributed by atoms with Gasteiger partial charge in [0.1, 0.15) is 5.76 Å². The van der Waals surface area contributed by atoms with Gasteiger partial charge < -0.3 is 14.1 Å². The molecular formula is C13H13NO4. The second-order valence-corrected chi connectivity index (χ2v) is 3.89. The number of nitrogens with zero attached hydrogens (tertiary/aromatic N) is 1. The van der Waals surface area contributed by atoms with Gasteiger partial charge in [0, 0.05) is 12.7 Å². The van der Waals surface area contributed by atoms with Gasteiger partial charge in [-0.05, 0) is 25.1 Å². The van der Waals surface area contributed by atoms with Crippen LogP contribution in [-0.2, 0) is 14.3 Å². The predicted octanol–water partition coefficient (Wildman–Crippen LogP) is 1.58. The minimum absolute atomic E-state index is 0.246. The van der Waals surface area contributed by atoms with Crippen LogP contribution in [0.2, 0.25) is 0 Å². The van der Waals surface area contributed by atoms with Crippen LogP contribution in [0.15, 0.2) is 39.7 Å². The van der Waals surface area contributed by atoms with Crippen LogP contribution in [-0.4, -0.2) is 30.9 Å². The smallest absolute Gasteiger partial charge is 0.340 e. The number of furan rings is 1. The normalized spacial score (nSPS) is 17.8. The molecule has 1 aromatic heterocycles. The largest absolute Gasteiger partial charge is 0.465 e. The lowest BCUT2D eigenvalue weighted by atomic mass is 10.1. The van der Waals surface area contributed by atoms with E-state index in [9.17, 15) is 9.59 Å². The van der Waals surface area contributed by atoms with Crippen molar-refractivity contribution < 1.29 is 18.7 Å². The molecule has 0 fully saturated rings. The lowest BCUT2D eigenvalue weighted by Gasteiger charge is -2.08. The number of hydrogen-bond acceptors (Lipinski definition) is 4. The molecule has 0 aromatic carbocycles. The first-order chi connectivity index (χ1) is 8.56. The summed E-state index contributed by atoms with van der Waals surface area (Å²) in [6.45, 7) is 1.70. The first-order valence-corrected chi connectivity index (χ1v) is 5.39. The molecule has 5 nitrogen and oxygen atoms in total. The maximum Gasteiger partial charge on any atom is 0.340 e. The van der Waals surface area contributed by atoms with Crippen LogP contribution in [0.25, 0.3) is 6.08 Å². The van der Waals surface area contributed by atoms with Crippen LogP contribution in [0.5, 0.6) is 0 Å². The van der Waals surface area contributed by atoms with Crippen molar-refractivity contribution >= 4 is 18.0 Å². The monoisotopic (exact) mass is 247 g/mol. The van der Waals surface area contributed by atoms with Gasteiger partial charge in [-0.1, -0.05) is 0 Å². The molecule has 1 aliphatic heterocycles. The highest BCUT2D eigenvalue weighted by atomic mass is 16.5. The van der Waals surface area contributed by atoms with Gasteiger partial charge in [0.25, 0.3) is 5.91 Å². The molecule has 0 saturated carbocycles. The van der Waals surface area contributed by atoms with E-state index in [2.05, 4.69) is 0 Å². The van der Waals surface area contributed by atoms with Gasteiger partial charge in [-0.15, -0.1) is 0 Å². The molecule has 0 saturated heterocycles. The highest BCUT2D eigenvalue weighted by Crippen LogP contribution is 2.30. The van der Waals surface area contributed by atoms with Crippen LogP contribution in [0.3, 0.4) is 0 Å². The zero-order chi connectivity index (χ0) is 13.3. The Balaban J connectivity index is 2.51. The molecule has 1 aliphatic rings. The van der Waals surface area contributed by atoms with E-state index in [1.807, 2.05) is 0 Å². The molecular weight excluding hydrogens is 234 g/mol. The van der Waals surface area contributed by atoms with Crippen molar-refractivity contribution in [3.05, 3.63) is 41.0 Å². The van der Waals surface area contributed by atoms with Crippen LogP contribution in [0, 0.1) is 0 Å². The highest BCUT2D eigenvalue weighted by Gasteiger charge is 2.35. The van der Waals surface area contributed by atoms with Crippen molar-refractivity contribution in [3.63, 3.8) is 0 Å². The summed E-state index contributed by atoms with van der Waals surface area (Å²) in [4.78, 5) is 25.2. The third-order valence-electron chi connectivity index (χ3n) is 2.89. The Hall–Kier alpha value is -2.30. The standard InChI is InChI=1S/C13H13NO4/c1-8-11(13(16)17-3)10(12(15)14(8)2)7-9-5-4-6-18-9/h4-7H,1-3H3/b10-7-. The zero-order valence-corrected chi connectivity index (χ0v) is 10.4. The summed E-state index contributed by atoms with van der Waals surface area (Å²) in [5.74, 6) is -0.254. The number of hydrogen-bond donors (Lipinski definition) is 0. The van der Waals surface area contributed by atoms with E-state index < -0.39 is 5.97 Å². The maximum absolute atomic E-state index is 12.0. The van der Waals surface area contributed by atoms with E-state index in [1.165, 1.54) is 18.3 Å². The van der Waals surface area contributed by atoms with E-state index in [0.29, 0.717) is 11.5 Å². The third kappa shape index (κ3) is 1.84. The topological polar surface area (TPSA) is 59.8 Å². The highest BCUT2D eigenvalue weighted by molar-refractivity contribution is 6.16. The van der Waals surface area contributed by atoms with Crippen molar-refractivity contribution in [3.8, 4) is 0 Å². The Morgan fingerprint density at radius 1 is 1.50 bits per heavy atom. The average Bonchev–Trinajstić information content (AvgIpc) is 2.94. The number of carbonyl (C=O) groups excluding carboxylic acids is 2. The summed E-state index contributed by atoms with van der Waals surface area (Å²) >= 11 is 0. The molecule has 0 N–H and O–H groups in total. The summed E-state index contributed by atoms with van der Waals surface area (Å²) in [6.07, 6.45) is 3.05. The lowest BCUT2D eigenvalue weighted by Crippen LogP contribution is -2.19. The van der Waals surface area contributed by atoms with E-state index in [0.717, 1.165) is 0 Å². The van der Waals surface area contributed by atoms with E-state index in [1.54, 1.807) is 32.2 Å². The Bertz CT molecular complexity index is 552. The van der Waals surface area contributed by atoms with E-state index >= 15 is 0 Å². The molecule has 0 atom stereocenters. The first-order valence-electron chi connectivity index (χ1n) is 5.39. The molecule has 18 heavy (non-hydrogen) atoms. The van der Waals surface area contributed by atoms with Crippen LogP contribution in [0.1, 0.15) is 12.7 Å². The molecule has 94 valence electrons. The molecule has 0 spiro atoms. The van der Waals surface area contributed by atoms with Crippen molar-refractivity contribution in [1.82, 2.24) is 4.90 Å². The molecule has 2 rings (SSSR count). The van der Waals surface area contributed by atoms with E-state index in [4.69, 9.17) is 9.15 Å². The second kappa shape index (κ2) is 4.52. The van der Waals surface area contributed by atoms with Gasteiger partial charge in [-0.2, -0.15) is 0 Å². The summed E-state index contributed by atoms with van der Waals surface area (Å²) < 4.78 is 9.86.